The minimum atomic E-state index is -0.0609. The minimum absolute atomic E-state index is 0.0122. The second-order valence-corrected chi connectivity index (χ2v) is 8.09. The zero-order valence-corrected chi connectivity index (χ0v) is 18.2. The zero-order valence-electron chi connectivity index (χ0n) is 18.2. The summed E-state index contributed by atoms with van der Waals surface area (Å²) < 4.78 is 5.34. The van der Waals surface area contributed by atoms with Gasteiger partial charge in [-0.05, 0) is 87.7 Å². The van der Waals surface area contributed by atoms with E-state index in [2.05, 4.69) is 22.5 Å². The lowest BCUT2D eigenvalue weighted by Gasteiger charge is -2.30. The smallest absolute Gasteiger partial charge is 0.238 e. The van der Waals surface area contributed by atoms with Gasteiger partial charge in [-0.2, -0.15) is 0 Å². The van der Waals surface area contributed by atoms with Crippen molar-refractivity contribution in [1.82, 2.24) is 4.90 Å². The molecular formula is C24H31N3O3. The maximum Gasteiger partial charge on any atom is 0.238 e. The summed E-state index contributed by atoms with van der Waals surface area (Å²) >= 11 is 0. The van der Waals surface area contributed by atoms with Crippen molar-refractivity contribution in [2.75, 3.05) is 37.4 Å². The number of nitrogens with one attached hydrogen (secondary N) is 2. The number of amides is 2. The molecule has 2 aromatic rings. The number of likely N-dealkylation sites (tertiary alicyclic amines) is 1. The highest BCUT2D eigenvalue weighted by atomic mass is 16.5. The van der Waals surface area contributed by atoms with Gasteiger partial charge in [0.2, 0.25) is 11.8 Å². The number of rotatable bonds is 6. The third-order valence-electron chi connectivity index (χ3n) is 5.73. The second kappa shape index (κ2) is 9.76. The van der Waals surface area contributed by atoms with E-state index in [-0.39, 0.29) is 17.7 Å². The Labute approximate surface area is 178 Å². The van der Waals surface area contributed by atoms with Crippen molar-refractivity contribution in [1.29, 1.82) is 0 Å². The Kier molecular flexibility index (Phi) is 7.11. The average molecular weight is 410 g/mol. The number of anilines is 2. The lowest BCUT2D eigenvalue weighted by atomic mass is 9.95. The van der Waals surface area contributed by atoms with Gasteiger partial charge in [0.25, 0.3) is 0 Å². The fourth-order valence-electron chi connectivity index (χ4n) is 3.73. The molecule has 2 aromatic carbocycles. The molecule has 6 heteroatoms. The summed E-state index contributed by atoms with van der Waals surface area (Å²) in [6, 6.07) is 11.7. The number of carbonyl (C=O) groups is 2. The van der Waals surface area contributed by atoms with Gasteiger partial charge in [-0.15, -0.1) is 0 Å². The Bertz CT molecular complexity index is 918. The van der Waals surface area contributed by atoms with Crippen LogP contribution in [0.5, 0.6) is 5.75 Å². The van der Waals surface area contributed by atoms with E-state index in [9.17, 15) is 9.59 Å². The molecule has 30 heavy (non-hydrogen) atoms. The van der Waals surface area contributed by atoms with Crippen LogP contribution in [0.25, 0.3) is 0 Å². The molecule has 1 aliphatic rings. The normalized spacial score (nSPS) is 14.9. The number of benzene rings is 2. The third kappa shape index (κ3) is 5.60. The maximum atomic E-state index is 12.7. The van der Waals surface area contributed by atoms with E-state index < -0.39 is 0 Å². The second-order valence-electron chi connectivity index (χ2n) is 8.09. The first-order valence-electron chi connectivity index (χ1n) is 10.4. The van der Waals surface area contributed by atoms with Crippen LogP contribution in [-0.2, 0) is 9.59 Å². The molecule has 1 heterocycles. The summed E-state index contributed by atoms with van der Waals surface area (Å²) in [7, 11) is 1.60. The van der Waals surface area contributed by atoms with Gasteiger partial charge < -0.3 is 15.4 Å². The first-order chi connectivity index (χ1) is 14.4. The summed E-state index contributed by atoms with van der Waals surface area (Å²) in [6.45, 7) is 7.86. The lowest BCUT2D eigenvalue weighted by Crippen LogP contribution is -2.41. The largest absolute Gasteiger partial charge is 0.495 e. The van der Waals surface area contributed by atoms with Crippen molar-refractivity contribution in [3.63, 3.8) is 0 Å². The Morgan fingerprint density at radius 1 is 1.00 bits per heavy atom. The van der Waals surface area contributed by atoms with E-state index in [4.69, 9.17) is 4.74 Å². The molecule has 2 amide bonds. The summed E-state index contributed by atoms with van der Waals surface area (Å²) in [5.74, 6) is 0.590. The molecule has 160 valence electrons. The molecule has 0 saturated carbocycles. The predicted molar refractivity (Wildman–Crippen MR) is 120 cm³/mol. The number of piperidine rings is 1. The highest BCUT2D eigenvalue weighted by molar-refractivity contribution is 5.94. The lowest BCUT2D eigenvalue weighted by molar-refractivity contribution is -0.121. The quantitative estimate of drug-likeness (QED) is 0.759. The molecule has 3 rings (SSSR count). The summed E-state index contributed by atoms with van der Waals surface area (Å²) in [5, 5.41) is 5.98. The number of nitrogens with zero attached hydrogens (tertiary/aromatic N) is 1. The number of ether oxygens (including phenoxy) is 1. The SMILES string of the molecule is COc1ccc(C)cc1NC(=O)C1CCN(CC(=O)Nc2ccc(C)c(C)c2)CC1. The first-order valence-corrected chi connectivity index (χ1v) is 10.4. The van der Waals surface area contributed by atoms with Crippen LogP contribution in [0.1, 0.15) is 29.5 Å². The van der Waals surface area contributed by atoms with Crippen molar-refractivity contribution < 1.29 is 14.3 Å². The van der Waals surface area contributed by atoms with Crippen LogP contribution in [0, 0.1) is 26.7 Å². The van der Waals surface area contributed by atoms with E-state index in [1.54, 1.807) is 7.11 Å². The number of hydrogen-bond acceptors (Lipinski definition) is 4. The predicted octanol–water partition coefficient (Wildman–Crippen LogP) is 3.91. The van der Waals surface area contributed by atoms with Crippen molar-refractivity contribution >= 4 is 23.2 Å². The highest BCUT2D eigenvalue weighted by Gasteiger charge is 2.26. The van der Waals surface area contributed by atoms with Crippen LogP contribution in [-0.4, -0.2) is 43.5 Å². The number of methoxy groups -OCH3 is 1. The first kappa shape index (κ1) is 21.8. The van der Waals surface area contributed by atoms with Crippen molar-refractivity contribution in [3.05, 3.63) is 53.1 Å². The standard InChI is InChI=1S/C24H31N3O3/c1-16-5-8-22(30-4)21(13-16)26-24(29)19-9-11-27(12-10-19)15-23(28)25-20-7-6-17(2)18(3)14-20/h5-8,13-14,19H,9-12,15H2,1-4H3,(H,25,28)(H,26,29). The molecule has 0 unspecified atom stereocenters. The van der Waals surface area contributed by atoms with Gasteiger partial charge in [-0.3, -0.25) is 14.5 Å². The molecule has 0 aliphatic carbocycles. The van der Waals surface area contributed by atoms with Gasteiger partial charge in [0.15, 0.2) is 0 Å². The molecule has 1 saturated heterocycles. The van der Waals surface area contributed by atoms with E-state index in [1.165, 1.54) is 5.56 Å². The molecule has 0 radical (unpaired) electrons. The molecule has 0 aromatic heterocycles. The molecule has 0 atom stereocenters. The van der Waals surface area contributed by atoms with Crippen LogP contribution in [0.4, 0.5) is 11.4 Å². The van der Waals surface area contributed by atoms with E-state index in [0.29, 0.717) is 18.0 Å². The topological polar surface area (TPSA) is 70.7 Å². The Morgan fingerprint density at radius 2 is 1.73 bits per heavy atom. The Hall–Kier alpha value is -2.86. The Balaban J connectivity index is 1.48. The fraction of sp³-hybridized carbons (Fsp3) is 0.417. The van der Waals surface area contributed by atoms with Crippen LogP contribution in [0.3, 0.4) is 0 Å². The van der Waals surface area contributed by atoms with Crippen molar-refractivity contribution in [2.24, 2.45) is 5.92 Å². The van der Waals surface area contributed by atoms with E-state index >= 15 is 0 Å². The van der Waals surface area contributed by atoms with Gasteiger partial charge in [-0.1, -0.05) is 12.1 Å². The van der Waals surface area contributed by atoms with Gasteiger partial charge >= 0.3 is 0 Å². The molecule has 0 spiro atoms. The fourth-order valence-corrected chi connectivity index (χ4v) is 3.73. The monoisotopic (exact) mass is 409 g/mol. The molecule has 6 nitrogen and oxygen atoms in total. The average Bonchev–Trinajstić information content (AvgIpc) is 2.71. The van der Waals surface area contributed by atoms with Crippen LogP contribution >= 0.6 is 0 Å². The van der Waals surface area contributed by atoms with E-state index in [0.717, 1.165) is 42.7 Å². The molecule has 0 bridgehead atoms. The molecule has 2 N–H and O–H groups in total. The van der Waals surface area contributed by atoms with Gasteiger partial charge in [0.1, 0.15) is 5.75 Å². The van der Waals surface area contributed by atoms with Gasteiger partial charge in [0, 0.05) is 11.6 Å². The third-order valence-corrected chi connectivity index (χ3v) is 5.73. The molecule has 1 fully saturated rings. The molecule has 1 aliphatic heterocycles. The van der Waals surface area contributed by atoms with Crippen LogP contribution < -0.4 is 15.4 Å². The summed E-state index contributed by atoms with van der Waals surface area (Å²) in [4.78, 5) is 27.2. The number of aryl methyl sites for hydroxylation is 3. The summed E-state index contributed by atoms with van der Waals surface area (Å²) in [6.07, 6.45) is 1.47. The highest BCUT2D eigenvalue weighted by Crippen LogP contribution is 2.27. The maximum absolute atomic E-state index is 12.7. The van der Waals surface area contributed by atoms with Gasteiger partial charge in [-0.25, -0.2) is 0 Å². The Morgan fingerprint density at radius 3 is 2.40 bits per heavy atom. The van der Waals surface area contributed by atoms with Gasteiger partial charge in [0.05, 0.1) is 19.3 Å². The van der Waals surface area contributed by atoms with Crippen LogP contribution in [0.15, 0.2) is 36.4 Å². The van der Waals surface area contributed by atoms with Crippen molar-refractivity contribution in [3.8, 4) is 5.75 Å². The van der Waals surface area contributed by atoms with Crippen molar-refractivity contribution in [2.45, 2.75) is 33.6 Å². The number of hydrogen-bond donors (Lipinski definition) is 2. The zero-order chi connectivity index (χ0) is 21.7. The molecular weight excluding hydrogens is 378 g/mol. The van der Waals surface area contributed by atoms with Crippen LogP contribution in [0.2, 0.25) is 0 Å². The summed E-state index contributed by atoms with van der Waals surface area (Å²) in [5.41, 5.74) is 4.96. The minimum Gasteiger partial charge on any atom is -0.495 e. The van der Waals surface area contributed by atoms with E-state index in [1.807, 2.05) is 50.2 Å². The number of carbonyl (C=O) groups excluding carboxylic acids is 2.